The van der Waals surface area contributed by atoms with Gasteiger partial charge >= 0.3 is 5.97 Å². The first-order chi connectivity index (χ1) is 41.4. The molecule has 7 aromatic rings. The molecule has 14 rings (SSSR count). The fraction of sp³-hybridized carbons (Fsp3) is 0.0806. The molecule has 0 saturated heterocycles. The van der Waals surface area contributed by atoms with Gasteiger partial charge in [0.1, 0.15) is 0 Å². The highest BCUT2D eigenvalue weighted by Crippen LogP contribution is 2.62. The number of carbonyl (C=O) groups excluding carboxylic acids is 15. The van der Waals surface area contributed by atoms with E-state index in [-0.39, 0.29) is 34.3 Å². The monoisotopic (exact) mass is 1150 g/mol. The van der Waals surface area contributed by atoms with Crippen molar-refractivity contribution in [3.8, 4) is 0 Å². The van der Waals surface area contributed by atoms with E-state index in [1.54, 1.807) is 0 Å². The summed E-state index contributed by atoms with van der Waals surface area (Å²) in [6.45, 7) is 0.736. The van der Waals surface area contributed by atoms with Gasteiger partial charge in [-0.2, -0.15) is 5.26 Å². The van der Waals surface area contributed by atoms with Crippen LogP contribution in [0.2, 0.25) is 0 Å². The number of rotatable bonds is 11. The maximum Gasteiger partial charge on any atom is 0.393 e. The molecule has 24 heteroatoms. The number of fused-ring (bicyclic) bond motifs is 7. The number of benzene rings is 7. The van der Waals surface area contributed by atoms with Crippen LogP contribution in [-0.4, -0.2) is 151 Å². The highest BCUT2D eigenvalue weighted by atomic mass is 17.1. The molecule has 7 aliphatic rings. The molecule has 7 aromatic carbocycles. The Bertz CT molecular complexity index is 4100. The summed E-state index contributed by atoms with van der Waals surface area (Å²) in [5.41, 5.74) is -24.9. The summed E-state index contributed by atoms with van der Waals surface area (Å²) in [5.74, 6) is -27.8. The molecule has 1 atom stereocenters. The zero-order valence-corrected chi connectivity index (χ0v) is 43.9. The van der Waals surface area contributed by atoms with Crippen LogP contribution in [0.25, 0.3) is 0 Å². The molecule has 1 unspecified atom stereocenters. The molecule has 0 radical (unpaired) electrons. The van der Waals surface area contributed by atoms with E-state index >= 15 is 71.9 Å². The van der Waals surface area contributed by atoms with Crippen molar-refractivity contribution in [1.82, 2.24) is 34.3 Å². The molecule has 0 aliphatic carbocycles. The summed E-state index contributed by atoms with van der Waals surface area (Å²) in [7, 11) is 0. The summed E-state index contributed by atoms with van der Waals surface area (Å²) >= 11 is 0. The standard InChI is InChI=1S/C62H33N7O17/c1-30(63-45(70)31-16-2-3-17-32(31)46(63)71)60(64-47(72)33-18-4-5-19-34(33)48(64)73,65-49(74)35-20-6-7-21-36(35)50(65)75)62(68-55(80)41-26-12-13-27-42(41)56(68)81,69-57(82)43-28-14-15-29-44(43)58(69)83)61(59(84)86-85,66-51(76)37-22-8-9-23-38(37)52(66)77)67-53(78)39-24-10-11-25-40(39)54(67)79/h2-30,85H,1H3. The molecule has 0 fully saturated rings. The summed E-state index contributed by atoms with van der Waals surface area (Å²) < 4.78 is 0. The molecule has 0 spiro atoms. The highest BCUT2D eigenvalue weighted by molar-refractivity contribution is 6.33. The van der Waals surface area contributed by atoms with Gasteiger partial charge in [-0.05, 0) is 91.9 Å². The molecule has 24 nitrogen and oxygen atoms in total. The normalized spacial score (nSPS) is 17.3. The van der Waals surface area contributed by atoms with E-state index in [0.29, 0.717) is 0 Å². The molecule has 14 amide bonds. The van der Waals surface area contributed by atoms with Crippen molar-refractivity contribution in [2.24, 2.45) is 0 Å². The second-order valence-electron chi connectivity index (χ2n) is 20.6. The van der Waals surface area contributed by atoms with Crippen LogP contribution in [0, 0.1) is 0 Å². The lowest BCUT2D eigenvalue weighted by Crippen LogP contribution is -2.99. The first-order valence-corrected chi connectivity index (χ1v) is 26.1. The fourth-order valence-corrected chi connectivity index (χ4v) is 13.5. The maximum atomic E-state index is 17.1. The third-order valence-electron chi connectivity index (χ3n) is 16.9. The first kappa shape index (κ1) is 52.1. The van der Waals surface area contributed by atoms with Crippen molar-refractivity contribution in [2.75, 3.05) is 0 Å². The van der Waals surface area contributed by atoms with Gasteiger partial charge in [-0.15, -0.1) is 0 Å². The molecule has 7 heterocycles. The minimum atomic E-state index is -5.13. The Kier molecular flexibility index (Phi) is 10.7. The Morgan fingerprint density at radius 2 is 0.477 bits per heavy atom. The van der Waals surface area contributed by atoms with Gasteiger partial charge in [-0.3, -0.25) is 76.9 Å². The van der Waals surface area contributed by atoms with Gasteiger partial charge in [0.25, 0.3) is 88.4 Å². The number of carbonyl (C=O) groups is 15. The molecular weight excluding hydrogens is 1110 g/mol. The van der Waals surface area contributed by atoms with Gasteiger partial charge in [0, 0.05) is 0 Å². The van der Waals surface area contributed by atoms with E-state index in [2.05, 4.69) is 0 Å². The number of nitrogens with zero attached hydrogens (tertiary/aromatic N) is 7. The van der Waals surface area contributed by atoms with E-state index in [1.807, 2.05) is 0 Å². The molecule has 1 N–H and O–H groups in total. The largest absolute Gasteiger partial charge is 0.393 e. The van der Waals surface area contributed by atoms with E-state index in [0.717, 1.165) is 91.9 Å². The Labute approximate surface area is 481 Å². The van der Waals surface area contributed by atoms with Crippen LogP contribution in [0.3, 0.4) is 0 Å². The Hall–Kier alpha value is -12.1. The van der Waals surface area contributed by atoms with Crippen molar-refractivity contribution in [1.29, 1.82) is 0 Å². The van der Waals surface area contributed by atoms with Gasteiger partial charge < -0.3 is 0 Å². The Morgan fingerprint density at radius 3 is 0.674 bits per heavy atom. The second kappa shape index (κ2) is 17.7. The van der Waals surface area contributed by atoms with Crippen LogP contribution in [0.4, 0.5) is 0 Å². The van der Waals surface area contributed by atoms with Crippen molar-refractivity contribution < 1.29 is 82.1 Å². The van der Waals surface area contributed by atoms with Crippen molar-refractivity contribution in [3.05, 3.63) is 248 Å². The van der Waals surface area contributed by atoms with E-state index in [1.165, 1.54) is 84.9 Å². The van der Waals surface area contributed by atoms with Crippen LogP contribution in [0.1, 0.15) is 152 Å². The molecule has 0 bridgehead atoms. The number of imide groups is 7. The van der Waals surface area contributed by atoms with Crippen LogP contribution in [0.15, 0.2) is 170 Å². The van der Waals surface area contributed by atoms with Gasteiger partial charge in [0.2, 0.25) is 11.3 Å². The quantitative estimate of drug-likeness (QED) is 0.105. The van der Waals surface area contributed by atoms with Gasteiger partial charge in [0.05, 0.1) is 83.9 Å². The summed E-state index contributed by atoms with van der Waals surface area (Å²) in [6, 6.07) is 28.0. The molecule has 7 aliphatic heterocycles. The van der Waals surface area contributed by atoms with Crippen LogP contribution in [0.5, 0.6) is 0 Å². The fourth-order valence-electron chi connectivity index (χ4n) is 13.5. The lowest BCUT2D eigenvalue weighted by atomic mass is 9.68. The predicted octanol–water partition coefficient (Wildman–Crippen LogP) is 4.55. The molecule has 0 saturated carbocycles. The Morgan fingerprint density at radius 1 is 0.302 bits per heavy atom. The van der Waals surface area contributed by atoms with E-state index in [4.69, 9.17) is 4.89 Å². The van der Waals surface area contributed by atoms with Crippen molar-refractivity contribution in [3.63, 3.8) is 0 Å². The first-order valence-electron chi connectivity index (χ1n) is 26.1. The average Bonchev–Trinajstić information content (AvgIpc) is 1.28. The topological polar surface area (TPSA) is 308 Å². The molecule has 0 aromatic heterocycles. The number of amides is 14. The molecule has 418 valence electrons. The van der Waals surface area contributed by atoms with Crippen LogP contribution in [-0.2, 0) is 9.68 Å². The number of hydrogen-bond acceptors (Lipinski definition) is 17. The smallest absolute Gasteiger partial charge is 0.296 e. The second-order valence-corrected chi connectivity index (χ2v) is 20.6. The summed E-state index contributed by atoms with van der Waals surface area (Å²) in [5, 5.41) is 11.7. The van der Waals surface area contributed by atoms with Gasteiger partial charge in [0.15, 0.2) is 0 Å². The Balaban J connectivity index is 1.32. The van der Waals surface area contributed by atoms with E-state index < -0.39 is 190 Å². The van der Waals surface area contributed by atoms with Crippen molar-refractivity contribution in [2.45, 2.75) is 30.0 Å². The minimum absolute atomic E-state index is 0.101. The van der Waals surface area contributed by atoms with Crippen LogP contribution >= 0.6 is 0 Å². The van der Waals surface area contributed by atoms with Gasteiger partial charge in [-0.25, -0.2) is 34.2 Å². The van der Waals surface area contributed by atoms with Crippen LogP contribution < -0.4 is 0 Å². The van der Waals surface area contributed by atoms with E-state index in [9.17, 15) is 5.26 Å². The van der Waals surface area contributed by atoms with Crippen molar-refractivity contribution >= 4 is 88.7 Å². The number of hydrogen-bond donors (Lipinski definition) is 1. The average molecular weight is 1150 g/mol. The zero-order chi connectivity index (χ0) is 60.4. The lowest BCUT2D eigenvalue weighted by molar-refractivity contribution is -0.277. The maximum absolute atomic E-state index is 17.1. The molecule has 86 heavy (non-hydrogen) atoms. The highest BCUT2D eigenvalue weighted by Gasteiger charge is 2.92. The third kappa shape index (κ3) is 5.84. The SMILES string of the molecule is CC(N1C(=O)c2ccccc2C1=O)C(N1C(=O)c2ccccc2C1=O)(N1C(=O)c2ccccc2C1=O)C(N1C(=O)c2ccccc2C1=O)(N1C(=O)c2ccccc2C1=O)C(C(=O)OO)(N1C(=O)c2ccccc2C1=O)N1C(=O)c2ccccc2C1=O. The summed E-state index contributed by atoms with van der Waals surface area (Å²) in [4.78, 5) is 252. The minimum Gasteiger partial charge on any atom is -0.296 e. The third-order valence-corrected chi connectivity index (χ3v) is 16.9. The van der Waals surface area contributed by atoms with Gasteiger partial charge in [-0.1, -0.05) is 84.9 Å². The summed E-state index contributed by atoms with van der Waals surface area (Å²) in [6.07, 6.45) is 0. The zero-order valence-electron chi connectivity index (χ0n) is 43.9. The molecular formula is C62H33N7O17. The predicted molar refractivity (Wildman–Crippen MR) is 285 cm³/mol. The lowest BCUT2D eigenvalue weighted by Gasteiger charge is -2.68.